The molecular weight excluding hydrogens is 328 g/mol. The van der Waals surface area contributed by atoms with Gasteiger partial charge < -0.3 is 10.0 Å². The maximum atomic E-state index is 13.6. The van der Waals surface area contributed by atoms with Gasteiger partial charge in [0.05, 0.1) is 5.56 Å². The van der Waals surface area contributed by atoms with Crippen LogP contribution in [0.15, 0.2) is 24.4 Å². The number of hydrogen-bond donors (Lipinski definition) is 1. The number of benzene rings is 1. The van der Waals surface area contributed by atoms with Crippen molar-refractivity contribution in [3.05, 3.63) is 47.3 Å². The molecule has 0 spiro atoms. The van der Waals surface area contributed by atoms with Crippen molar-refractivity contribution in [2.75, 3.05) is 0 Å². The molecule has 2 unspecified atom stereocenters. The average Bonchev–Trinajstić information content (AvgIpc) is 3.11. The minimum atomic E-state index is -1.11. The Kier molecular flexibility index (Phi) is 3.74. The van der Waals surface area contributed by atoms with Crippen LogP contribution in [0.2, 0.25) is 0 Å². The Labute approximate surface area is 143 Å². The molecule has 25 heavy (non-hydrogen) atoms. The van der Waals surface area contributed by atoms with Gasteiger partial charge in [-0.05, 0) is 37.8 Å². The number of phenolic OH excluding ortho intramolecular Hbond substituents is 1. The molecule has 1 aromatic carbocycles. The van der Waals surface area contributed by atoms with Crippen LogP contribution in [-0.4, -0.2) is 37.8 Å². The molecule has 2 aliphatic heterocycles. The zero-order valence-electron chi connectivity index (χ0n) is 13.8. The molecule has 7 heteroatoms. The summed E-state index contributed by atoms with van der Waals surface area (Å²) in [6, 6.07) is 3.51. The van der Waals surface area contributed by atoms with Gasteiger partial charge in [-0.1, -0.05) is 0 Å². The number of phenols is 1. The standard InChI is InChI=1S/C18H19F2N3O2/c1-22-16(4-5-21-22)10-6-12-2-3-13(7-10)23(12)18(25)14-8-11(19)9-15(20)17(14)24/h4-5,8-10,12-13,24H,2-3,6-7H2,1H3. The Balaban J connectivity index is 1.61. The number of carbonyl (C=O) groups is 1. The number of rotatable bonds is 2. The molecule has 5 nitrogen and oxygen atoms in total. The third-order valence-electron chi connectivity index (χ3n) is 5.50. The molecule has 2 fully saturated rings. The summed E-state index contributed by atoms with van der Waals surface area (Å²) in [5, 5.41) is 14.1. The van der Waals surface area contributed by atoms with Crippen molar-refractivity contribution in [1.82, 2.24) is 14.7 Å². The molecule has 0 saturated carbocycles. The lowest BCUT2D eigenvalue weighted by Crippen LogP contribution is -2.46. The van der Waals surface area contributed by atoms with Crippen molar-refractivity contribution in [3.8, 4) is 5.75 Å². The molecule has 1 amide bonds. The third kappa shape index (κ3) is 2.58. The van der Waals surface area contributed by atoms with Crippen molar-refractivity contribution >= 4 is 5.91 Å². The fraction of sp³-hybridized carbons (Fsp3) is 0.444. The lowest BCUT2D eigenvalue weighted by molar-refractivity contribution is 0.0563. The van der Waals surface area contributed by atoms with E-state index in [0.29, 0.717) is 12.0 Å². The Hall–Kier alpha value is -2.44. The Bertz CT molecular complexity index is 822. The van der Waals surface area contributed by atoms with Gasteiger partial charge in [0, 0.05) is 43.0 Å². The highest BCUT2D eigenvalue weighted by molar-refractivity contribution is 5.97. The van der Waals surface area contributed by atoms with Crippen molar-refractivity contribution in [2.24, 2.45) is 7.05 Å². The van der Waals surface area contributed by atoms with Crippen LogP contribution in [0, 0.1) is 11.6 Å². The second-order valence-electron chi connectivity index (χ2n) is 6.93. The molecule has 3 heterocycles. The summed E-state index contributed by atoms with van der Waals surface area (Å²) < 4.78 is 29.0. The van der Waals surface area contributed by atoms with Crippen molar-refractivity contribution in [1.29, 1.82) is 0 Å². The predicted molar refractivity (Wildman–Crippen MR) is 86.2 cm³/mol. The van der Waals surface area contributed by atoms with Crippen LogP contribution in [0.3, 0.4) is 0 Å². The first-order valence-corrected chi connectivity index (χ1v) is 8.44. The molecule has 2 saturated heterocycles. The molecule has 0 aliphatic carbocycles. The van der Waals surface area contributed by atoms with Gasteiger partial charge in [0.2, 0.25) is 0 Å². The summed E-state index contributed by atoms with van der Waals surface area (Å²) in [5.41, 5.74) is 0.844. The van der Waals surface area contributed by atoms with Gasteiger partial charge in [-0.2, -0.15) is 5.10 Å². The second kappa shape index (κ2) is 5.82. The fourth-order valence-corrected chi connectivity index (χ4v) is 4.40. The molecule has 1 N–H and O–H groups in total. The van der Waals surface area contributed by atoms with Gasteiger partial charge in [0.1, 0.15) is 5.82 Å². The molecule has 0 radical (unpaired) electrons. The number of aromatic hydroxyl groups is 1. The van der Waals surface area contributed by atoms with Crippen molar-refractivity contribution in [3.63, 3.8) is 0 Å². The summed E-state index contributed by atoms with van der Waals surface area (Å²) in [5.74, 6) is -2.94. The van der Waals surface area contributed by atoms with Gasteiger partial charge in [-0.15, -0.1) is 0 Å². The van der Waals surface area contributed by atoms with Crippen molar-refractivity contribution in [2.45, 2.75) is 43.7 Å². The summed E-state index contributed by atoms with van der Waals surface area (Å²) in [6.07, 6.45) is 5.08. The minimum absolute atomic E-state index is 0.0110. The van der Waals surface area contributed by atoms with E-state index < -0.39 is 23.3 Å². The lowest BCUT2D eigenvalue weighted by atomic mass is 9.87. The molecule has 2 aliphatic rings. The van der Waals surface area contributed by atoms with Crippen LogP contribution in [0.25, 0.3) is 0 Å². The highest BCUT2D eigenvalue weighted by Gasteiger charge is 2.45. The highest BCUT2D eigenvalue weighted by atomic mass is 19.1. The lowest BCUT2D eigenvalue weighted by Gasteiger charge is -2.39. The largest absolute Gasteiger partial charge is 0.504 e. The normalized spacial score (nSPS) is 25.4. The number of piperidine rings is 1. The molecule has 132 valence electrons. The zero-order chi connectivity index (χ0) is 17.7. The number of nitrogens with zero attached hydrogens (tertiary/aromatic N) is 3. The minimum Gasteiger partial charge on any atom is -0.504 e. The number of carbonyl (C=O) groups excluding carboxylic acids is 1. The monoisotopic (exact) mass is 347 g/mol. The van der Waals surface area contributed by atoms with E-state index in [-0.39, 0.29) is 17.6 Å². The topological polar surface area (TPSA) is 58.4 Å². The number of aryl methyl sites for hydroxylation is 1. The van der Waals surface area contributed by atoms with E-state index in [9.17, 15) is 18.7 Å². The second-order valence-corrected chi connectivity index (χ2v) is 6.93. The van der Waals surface area contributed by atoms with Crippen LogP contribution in [-0.2, 0) is 7.05 Å². The van der Waals surface area contributed by atoms with E-state index in [1.54, 1.807) is 11.1 Å². The van der Waals surface area contributed by atoms with E-state index in [0.717, 1.165) is 37.4 Å². The van der Waals surface area contributed by atoms with E-state index in [2.05, 4.69) is 5.10 Å². The number of amides is 1. The number of hydrogen-bond acceptors (Lipinski definition) is 3. The van der Waals surface area contributed by atoms with Crippen LogP contribution in [0.4, 0.5) is 8.78 Å². The first-order chi connectivity index (χ1) is 12.0. The van der Waals surface area contributed by atoms with Crippen molar-refractivity contribution < 1.29 is 18.7 Å². The summed E-state index contributed by atoms with van der Waals surface area (Å²) in [4.78, 5) is 14.6. The number of halogens is 2. The number of fused-ring (bicyclic) bond motifs is 2. The Morgan fingerprint density at radius 2 is 1.92 bits per heavy atom. The summed E-state index contributed by atoms with van der Waals surface area (Å²) >= 11 is 0. The summed E-state index contributed by atoms with van der Waals surface area (Å²) in [6.45, 7) is 0. The van der Waals surface area contributed by atoms with E-state index in [1.165, 1.54) is 0 Å². The maximum absolute atomic E-state index is 13.6. The molecule has 4 rings (SSSR count). The smallest absolute Gasteiger partial charge is 0.258 e. The van der Waals surface area contributed by atoms with Gasteiger partial charge in [0.15, 0.2) is 11.6 Å². The molecule has 2 bridgehead atoms. The molecule has 2 aromatic rings. The first-order valence-electron chi connectivity index (χ1n) is 8.44. The maximum Gasteiger partial charge on any atom is 0.258 e. The van der Waals surface area contributed by atoms with E-state index in [1.807, 2.05) is 17.8 Å². The van der Waals surface area contributed by atoms with Gasteiger partial charge >= 0.3 is 0 Å². The van der Waals surface area contributed by atoms with Crippen LogP contribution in [0.1, 0.15) is 47.7 Å². The Morgan fingerprint density at radius 3 is 2.52 bits per heavy atom. The number of aromatic nitrogens is 2. The van der Waals surface area contributed by atoms with Crippen LogP contribution < -0.4 is 0 Å². The predicted octanol–water partition coefficient (Wildman–Crippen LogP) is 2.95. The first kappa shape index (κ1) is 16.1. The Morgan fingerprint density at radius 1 is 1.24 bits per heavy atom. The van der Waals surface area contributed by atoms with Gasteiger partial charge in [0.25, 0.3) is 5.91 Å². The third-order valence-corrected chi connectivity index (χ3v) is 5.50. The van der Waals surface area contributed by atoms with Crippen LogP contribution >= 0.6 is 0 Å². The average molecular weight is 347 g/mol. The fourth-order valence-electron chi connectivity index (χ4n) is 4.40. The quantitative estimate of drug-likeness (QED) is 0.909. The van der Waals surface area contributed by atoms with E-state index >= 15 is 0 Å². The molecular formula is C18H19F2N3O2. The van der Waals surface area contributed by atoms with Gasteiger partial charge in [-0.3, -0.25) is 9.48 Å². The SMILES string of the molecule is Cn1nccc1C1CC2CCC(C1)N2C(=O)c1cc(F)cc(F)c1O. The van der Waals surface area contributed by atoms with Gasteiger partial charge in [-0.25, -0.2) is 8.78 Å². The zero-order valence-corrected chi connectivity index (χ0v) is 13.8. The summed E-state index contributed by atoms with van der Waals surface area (Å²) in [7, 11) is 1.91. The molecule has 2 atom stereocenters. The molecule has 1 aromatic heterocycles. The van der Waals surface area contributed by atoms with E-state index in [4.69, 9.17) is 0 Å². The van der Waals surface area contributed by atoms with Crippen LogP contribution in [0.5, 0.6) is 5.75 Å². The highest BCUT2D eigenvalue weighted by Crippen LogP contribution is 2.44.